The molecular formula is C15H18N2O2. The van der Waals surface area contributed by atoms with E-state index in [1.54, 1.807) is 26.3 Å². The number of ether oxygens (including phenoxy) is 1. The summed E-state index contributed by atoms with van der Waals surface area (Å²) in [5.74, 6) is 1.18. The maximum atomic E-state index is 11.8. The van der Waals surface area contributed by atoms with Gasteiger partial charge >= 0.3 is 0 Å². The molecular weight excluding hydrogens is 240 g/mol. The van der Waals surface area contributed by atoms with Gasteiger partial charge in [-0.2, -0.15) is 0 Å². The van der Waals surface area contributed by atoms with Crippen molar-refractivity contribution in [1.29, 1.82) is 0 Å². The van der Waals surface area contributed by atoms with Crippen molar-refractivity contribution in [2.24, 2.45) is 7.05 Å². The molecule has 0 aliphatic carbocycles. The van der Waals surface area contributed by atoms with Crippen molar-refractivity contribution in [2.45, 2.75) is 13.3 Å². The van der Waals surface area contributed by atoms with E-state index in [1.165, 1.54) is 10.1 Å². The molecule has 4 heteroatoms. The molecule has 100 valence electrons. The third-order valence-electron chi connectivity index (χ3n) is 3.28. The van der Waals surface area contributed by atoms with Crippen LogP contribution in [-0.4, -0.2) is 11.7 Å². The number of nitrogens with zero attached hydrogens (tertiary/aromatic N) is 1. The van der Waals surface area contributed by atoms with Crippen LogP contribution in [0.15, 0.2) is 35.1 Å². The van der Waals surface area contributed by atoms with Crippen LogP contribution >= 0.6 is 0 Å². The third-order valence-corrected chi connectivity index (χ3v) is 3.28. The number of benzene rings is 1. The predicted molar refractivity (Wildman–Crippen MR) is 77.5 cm³/mol. The minimum Gasteiger partial charge on any atom is -0.496 e. The molecule has 0 saturated carbocycles. The zero-order chi connectivity index (χ0) is 14.0. The summed E-state index contributed by atoms with van der Waals surface area (Å²) < 4.78 is 6.78. The molecule has 1 heterocycles. The first-order valence-corrected chi connectivity index (χ1v) is 6.20. The number of pyridine rings is 1. The quantitative estimate of drug-likeness (QED) is 0.918. The fourth-order valence-corrected chi connectivity index (χ4v) is 2.01. The second kappa shape index (κ2) is 5.18. The number of methoxy groups -OCH3 is 1. The number of rotatable bonds is 3. The molecule has 0 bridgehead atoms. The van der Waals surface area contributed by atoms with Crippen LogP contribution < -0.4 is 16.0 Å². The predicted octanol–water partition coefficient (Wildman–Crippen LogP) is 2.21. The highest BCUT2D eigenvalue weighted by Crippen LogP contribution is 2.31. The van der Waals surface area contributed by atoms with Crippen LogP contribution in [0.4, 0.5) is 5.82 Å². The van der Waals surface area contributed by atoms with Crippen LogP contribution in [0, 0.1) is 0 Å². The van der Waals surface area contributed by atoms with Crippen LogP contribution in [0.1, 0.15) is 12.5 Å². The Balaban J connectivity index is 2.66. The van der Waals surface area contributed by atoms with E-state index in [2.05, 4.69) is 6.92 Å². The van der Waals surface area contributed by atoms with Crippen LogP contribution in [0.5, 0.6) is 5.75 Å². The molecule has 0 atom stereocenters. The summed E-state index contributed by atoms with van der Waals surface area (Å²) in [6.07, 6.45) is 0.928. The second-order valence-electron chi connectivity index (χ2n) is 4.45. The van der Waals surface area contributed by atoms with Gasteiger partial charge in [0.15, 0.2) is 0 Å². The van der Waals surface area contributed by atoms with Crippen molar-refractivity contribution in [3.8, 4) is 16.9 Å². The van der Waals surface area contributed by atoms with Gasteiger partial charge in [0, 0.05) is 18.7 Å². The van der Waals surface area contributed by atoms with Gasteiger partial charge in [0.25, 0.3) is 5.56 Å². The molecule has 4 nitrogen and oxygen atoms in total. The number of hydrogen-bond donors (Lipinski definition) is 1. The highest BCUT2D eigenvalue weighted by molar-refractivity contribution is 5.72. The van der Waals surface area contributed by atoms with E-state index < -0.39 is 0 Å². The molecule has 2 aromatic rings. The summed E-state index contributed by atoms with van der Waals surface area (Å²) in [6, 6.07) is 9.34. The molecule has 0 unspecified atom stereocenters. The Morgan fingerprint density at radius 2 is 2.00 bits per heavy atom. The average molecular weight is 258 g/mol. The summed E-state index contributed by atoms with van der Waals surface area (Å²) in [7, 11) is 3.27. The molecule has 0 aliphatic rings. The number of aryl methyl sites for hydroxylation is 1. The first kappa shape index (κ1) is 13.2. The number of nitrogen functional groups attached to an aromatic ring is 1. The van der Waals surface area contributed by atoms with Crippen LogP contribution in [0.3, 0.4) is 0 Å². The number of aromatic nitrogens is 1. The highest BCUT2D eigenvalue weighted by Gasteiger charge is 2.09. The van der Waals surface area contributed by atoms with Crippen LogP contribution in [0.2, 0.25) is 0 Å². The van der Waals surface area contributed by atoms with E-state index in [4.69, 9.17) is 10.5 Å². The van der Waals surface area contributed by atoms with E-state index in [1.807, 2.05) is 18.2 Å². The molecule has 0 spiro atoms. The summed E-state index contributed by atoms with van der Waals surface area (Å²) >= 11 is 0. The topological polar surface area (TPSA) is 57.2 Å². The van der Waals surface area contributed by atoms with E-state index >= 15 is 0 Å². The Kier molecular flexibility index (Phi) is 3.60. The van der Waals surface area contributed by atoms with Crippen molar-refractivity contribution < 1.29 is 4.74 Å². The molecule has 2 N–H and O–H groups in total. The lowest BCUT2D eigenvalue weighted by Gasteiger charge is -2.12. The maximum Gasteiger partial charge on any atom is 0.252 e. The second-order valence-corrected chi connectivity index (χ2v) is 4.45. The van der Waals surface area contributed by atoms with Crippen molar-refractivity contribution >= 4 is 5.82 Å². The number of nitrogens with two attached hydrogens (primary N) is 1. The summed E-state index contributed by atoms with van der Waals surface area (Å²) in [6.45, 7) is 2.09. The zero-order valence-corrected chi connectivity index (χ0v) is 11.4. The lowest BCUT2D eigenvalue weighted by Crippen LogP contribution is -2.18. The molecule has 0 radical (unpaired) electrons. The lowest BCUT2D eigenvalue weighted by atomic mass is 10.0. The first-order valence-electron chi connectivity index (χ1n) is 6.20. The average Bonchev–Trinajstić information content (AvgIpc) is 2.43. The molecule has 1 aromatic carbocycles. The number of hydrogen-bond acceptors (Lipinski definition) is 3. The zero-order valence-electron chi connectivity index (χ0n) is 11.4. The van der Waals surface area contributed by atoms with Gasteiger partial charge in [-0.3, -0.25) is 9.36 Å². The lowest BCUT2D eigenvalue weighted by molar-refractivity contribution is 0.416. The fraction of sp³-hybridized carbons (Fsp3) is 0.267. The largest absolute Gasteiger partial charge is 0.496 e. The van der Waals surface area contributed by atoms with Gasteiger partial charge in [0.1, 0.15) is 11.6 Å². The Morgan fingerprint density at radius 1 is 1.26 bits per heavy atom. The van der Waals surface area contributed by atoms with E-state index in [-0.39, 0.29) is 5.56 Å². The third kappa shape index (κ3) is 2.47. The molecule has 0 fully saturated rings. The van der Waals surface area contributed by atoms with Gasteiger partial charge < -0.3 is 10.5 Å². The monoisotopic (exact) mass is 258 g/mol. The van der Waals surface area contributed by atoms with E-state index in [9.17, 15) is 4.79 Å². The van der Waals surface area contributed by atoms with Gasteiger partial charge in [0.2, 0.25) is 0 Å². The minimum absolute atomic E-state index is 0.126. The molecule has 0 aliphatic heterocycles. The first-order chi connectivity index (χ1) is 9.06. The smallest absolute Gasteiger partial charge is 0.252 e. The molecule has 0 amide bonds. The van der Waals surface area contributed by atoms with Crippen molar-refractivity contribution in [3.05, 3.63) is 46.2 Å². The normalized spacial score (nSPS) is 10.5. The Morgan fingerprint density at radius 3 is 2.58 bits per heavy atom. The maximum absolute atomic E-state index is 11.8. The van der Waals surface area contributed by atoms with E-state index in [0.29, 0.717) is 5.82 Å². The van der Waals surface area contributed by atoms with Gasteiger partial charge in [-0.25, -0.2) is 0 Å². The molecule has 1 aromatic heterocycles. The fourth-order valence-electron chi connectivity index (χ4n) is 2.01. The standard InChI is InChI=1S/C15H18N2O2/c1-4-10-5-6-13(19-3)12(7-10)11-8-14(16)17(2)15(18)9-11/h5-9H,4,16H2,1-3H3. The Labute approximate surface area is 112 Å². The van der Waals surface area contributed by atoms with Crippen LogP contribution in [-0.2, 0) is 13.5 Å². The summed E-state index contributed by atoms with van der Waals surface area (Å²) in [5.41, 5.74) is 8.59. The highest BCUT2D eigenvalue weighted by atomic mass is 16.5. The molecule has 19 heavy (non-hydrogen) atoms. The van der Waals surface area contributed by atoms with Gasteiger partial charge in [0.05, 0.1) is 7.11 Å². The van der Waals surface area contributed by atoms with E-state index in [0.717, 1.165) is 23.3 Å². The Hall–Kier alpha value is -2.23. The summed E-state index contributed by atoms with van der Waals surface area (Å²) in [4.78, 5) is 11.8. The summed E-state index contributed by atoms with van der Waals surface area (Å²) in [5, 5.41) is 0. The van der Waals surface area contributed by atoms with Gasteiger partial charge in [-0.05, 0) is 35.7 Å². The van der Waals surface area contributed by atoms with Crippen molar-refractivity contribution in [2.75, 3.05) is 12.8 Å². The van der Waals surface area contributed by atoms with Crippen molar-refractivity contribution in [3.63, 3.8) is 0 Å². The van der Waals surface area contributed by atoms with Gasteiger partial charge in [-0.1, -0.05) is 13.0 Å². The van der Waals surface area contributed by atoms with Gasteiger partial charge in [-0.15, -0.1) is 0 Å². The SMILES string of the molecule is CCc1ccc(OC)c(-c2cc(N)n(C)c(=O)c2)c1. The van der Waals surface area contributed by atoms with Crippen LogP contribution in [0.25, 0.3) is 11.1 Å². The number of anilines is 1. The molecule has 2 rings (SSSR count). The molecule has 0 saturated heterocycles. The van der Waals surface area contributed by atoms with Crippen molar-refractivity contribution in [1.82, 2.24) is 4.57 Å². The minimum atomic E-state index is -0.126. The Bertz CT molecular complexity index is 660.